The standard InChI is InChI=1S/C11H19NO/c1-7-6-9(7)12-10(13)11(2,3)8-4-5-8/h7-9H,4-6H2,1-3H3,(H,12,13)/t7-,9-/m1/s1. The van der Waals surface area contributed by atoms with Crippen molar-refractivity contribution in [2.45, 2.75) is 46.1 Å². The van der Waals surface area contributed by atoms with Crippen LogP contribution in [0.1, 0.15) is 40.0 Å². The normalized spacial score (nSPS) is 32.8. The summed E-state index contributed by atoms with van der Waals surface area (Å²) in [7, 11) is 0. The van der Waals surface area contributed by atoms with Crippen molar-refractivity contribution in [3.63, 3.8) is 0 Å². The van der Waals surface area contributed by atoms with E-state index in [1.165, 1.54) is 19.3 Å². The summed E-state index contributed by atoms with van der Waals surface area (Å²) in [6, 6.07) is 0.477. The molecule has 1 N–H and O–H groups in total. The molecule has 2 saturated carbocycles. The molecular weight excluding hydrogens is 162 g/mol. The van der Waals surface area contributed by atoms with Gasteiger partial charge < -0.3 is 5.32 Å². The van der Waals surface area contributed by atoms with Gasteiger partial charge in [-0.3, -0.25) is 4.79 Å². The molecule has 74 valence electrons. The molecule has 2 rings (SSSR count). The molecule has 0 aliphatic heterocycles. The van der Waals surface area contributed by atoms with E-state index in [2.05, 4.69) is 26.1 Å². The molecule has 2 atom stereocenters. The molecule has 2 nitrogen and oxygen atoms in total. The highest BCUT2D eigenvalue weighted by atomic mass is 16.2. The highest BCUT2D eigenvalue weighted by Gasteiger charge is 2.45. The second kappa shape index (κ2) is 2.73. The van der Waals surface area contributed by atoms with Gasteiger partial charge in [-0.05, 0) is 31.1 Å². The number of carbonyl (C=O) groups excluding carboxylic acids is 1. The molecule has 2 aliphatic rings. The zero-order valence-electron chi connectivity index (χ0n) is 8.76. The van der Waals surface area contributed by atoms with Crippen molar-refractivity contribution in [3.8, 4) is 0 Å². The maximum absolute atomic E-state index is 11.8. The van der Waals surface area contributed by atoms with E-state index in [-0.39, 0.29) is 11.3 Å². The Morgan fingerprint density at radius 2 is 1.92 bits per heavy atom. The summed E-state index contributed by atoms with van der Waals surface area (Å²) in [5, 5.41) is 3.13. The van der Waals surface area contributed by atoms with Crippen LogP contribution < -0.4 is 5.32 Å². The van der Waals surface area contributed by atoms with Crippen LogP contribution in [0, 0.1) is 17.3 Å². The molecule has 0 radical (unpaired) electrons. The third-order valence-corrected chi connectivity index (χ3v) is 3.61. The van der Waals surface area contributed by atoms with E-state index in [9.17, 15) is 4.79 Å². The molecule has 0 aromatic rings. The second-order valence-corrected chi connectivity index (χ2v) is 5.29. The average Bonchev–Trinajstić information content (AvgIpc) is 2.85. The SMILES string of the molecule is C[C@@H]1C[C@H]1NC(=O)C(C)(C)C1CC1. The van der Waals surface area contributed by atoms with Gasteiger partial charge in [-0.15, -0.1) is 0 Å². The second-order valence-electron chi connectivity index (χ2n) is 5.29. The summed E-state index contributed by atoms with van der Waals surface area (Å²) < 4.78 is 0. The van der Waals surface area contributed by atoms with Gasteiger partial charge in [0.25, 0.3) is 0 Å². The van der Waals surface area contributed by atoms with Crippen molar-refractivity contribution in [1.82, 2.24) is 5.32 Å². The molecule has 0 unspecified atom stereocenters. The maximum Gasteiger partial charge on any atom is 0.226 e. The first-order chi connectivity index (χ1) is 6.01. The number of amides is 1. The van der Waals surface area contributed by atoms with Gasteiger partial charge in [-0.25, -0.2) is 0 Å². The predicted octanol–water partition coefficient (Wildman–Crippen LogP) is 1.95. The van der Waals surface area contributed by atoms with Gasteiger partial charge in [-0.2, -0.15) is 0 Å². The minimum absolute atomic E-state index is 0.123. The van der Waals surface area contributed by atoms with Crippen LogP contribution in [0.4, 0.5) is 0 Å². The fourth-order valence-corrected chi connectivity index (χ4v) is 1.87. The Morgan fingerprint density at radius 1 is 1.38 bits per heavy atom. The van der Waals surface area contributed by atoms with Gasteiger partial charge in [0.2, 0.25) is 5.91 Å². The lowest BCUT2D eigenvalue weighted by Gasteiger charge is -2.23. The molecule has 0 aromatic heterocycles. The summed E-state index contributed by atoms with van der Waals surface area (Å²) in [6.45, 7) is 6.34. The lowest BCUT2D eigenvalue weighted by atomic mass is 9.86. The minimum atomic E-state index is -0.123. The fraction of sp³-hybridized carbons (Fsp3) is 0.909. The first-order valence-corrected chi connectivity index (χ1v) is 5.33. The van der Waals surface area contributed by atoms with E-state index in [1.54, 1.807) is 0 Å². The largest absolute Gasteiger partial charge is 0.353 e. The van der Waals surface area contributed by atoms with Crippen LogP contribution in [-0.4, -0.2) is 11.9 Å². The van der Waals surface area contributed by atoms with Crippen LogP contribution >= 0.6 is 0 Å². The molecule has 1 amide bonds. The summed E-state index contributed by atoms with van der Waals surface area (Å²) in [6.07, 6.45) is 3.65. The van der Waals surface area contributed by atoms with Gasteiger partial charge in [0.1, 0.15) is 0 Å². The van der Waals surface area contributed by atoms with E-state index in [4.69, 9.17) is 0 Å². The fourth-order valence-electron chi connectivity index (χ4n) is 1.87. The van der Waals surface area contributed by atoms with Crippen molar-refractivity contribution in [2.75, 3.05) is 0 Å². The predicted molar refractivity (Wildman–Crippen MR) is 52.2 cm³/mol. The topological polar surface area (TPSA) is 29.1 Å². The van der Waals surface area contributed by atoms with Crippen LogP contribution in [0.3, 0.4) is 0 Å². The lowest BCUT2D eigenvalue weighted by Crippen LogP contribution is -2.39. The smallest absolute Gasteiger partial charge is 0.226 e. The molecular formula is C11H19NO. The molecule has 2 fully saturated rings. The summed E-state index contributed by atoms with van der Waals surface area (Å²) in [5.74, 6) is 1.62. The van der Waals surface area contributed by atoms with E-state index in [0.29, 0.717) is 17.9 Å². The summed E-state index contributed by atoms with van der Waals surface area (Å²) in [5.41, 5.74) is -0.123. The number of hydrogen-bond donors (Lipinski definition) is 1. The number of nitrogens with one attached hydrogen (secondary N) is 1. The Labute approximate surface area is 80.1 Å². The van der Waals surface area contributed by atoms with Crippen LogP contribution in [0.5, 0.6) is 0 Å². The van der Waals surface area contributed by atoms with Gasteiger partial charge in [0, 0.05) is 11.5 Å². The van der Waals surface area contributed by atoms with Crippen molar-refractivity contribution < 1.29 is 4.79 Å². The number of carbonyl (C=O) groups is 1. The lowest BCUT2D eigenvalue weighted by molar-refractivity contribution is -0.130. The third kappa shape index (κ3) is 1.72. The van der Waals surface area contributed by atoms with Crippen LogP contribution in [-0.2, 0) is 4.79 Å². The molecule has 0 heterocycles. The van der Waals surface area contributed by atoms with Crippen molar-refractivity contribution in [3.05, 3.63) is 0 Å². The highest BCUT2D eigenvalue weighted by molar-refractivity contribution is 5.83. The Kier molecular flexibility index (Phi) is 1.90. The summed E-state index contributed by atoms with van der Waals surface area (Å²) in [4.78, 5) is 11.8. The first-order valence-electron chi connectivity index (χ1n) is 5.33. The Hall–Kier alpha value is -0.530. The van der Waals surface area contributed by atoms with Gasteiger partial charge >= 0.3 is 0 Å². The van der Waals surface area contributed by atoms with Crippen LogP contribution in [0.2, 0.25) is 0 Å². The third-order valence-electron chi connectivity index (χ3n) is 3.61. The van der Waals surface area contributed by atoms with E-state index >= 15 is 0 Å². The zero-order valence-corrected chi connectivity index (χ0v) is 8.76. The van der Waals surface area contributed by atoms with Crippen molar-refractivity contribution in [1.29, 1.82) is 0 Å². The quantitative estimate of drug-likeness (QED) is 0.708. The van der Waals surface area contributed by atoms with Gasteiger partial charge in [0.15, 0.2) is 0 Å². The minimum Gasteiger partial charge on any atom is -0.353 e. The van der Waals surface area contributed by atoms with Crippen LogP contribution in [0.15, 0.2) is 0 Å². The zero-order chi connectivity index (χ0) is 9.64. The molecule has 0 bridgehead atoms. The molecule has 2 aliphatic carbocycles. The van der Waals surface area contributed by atoms with Crippen molar-refractivity contribution in [2.24, 2.45) is 17.3 Å². The van der Waals surface area contributed by atoms with E-state index in [0.717, 1.165) is 0 Å². The van der Waals surface area contributed by atoms with Crippen LogP contribution in [0.25, 0.3) is 0 Å². The summed E-state index contributed by atoms with van der Waals surface area (Å²) >= 11 is 0. The maximum atomic E-state index is 11.8. The number of hydrogen-bond acceptors (Lipinski definition) is 1. The Morgan fingerprint density at radius 3 is 2.31 bits per heavy atom. The first kappa shape index (κ1) is 9.04. The monoisotopic (exact) mass is 181 g/mol. The van der Waals surface area contributed by atoms with Gasteiger partial charge in [0.05, 0.1) is 0 Å². The van der Waals surface area contributed by atoms with Gasteiger partial charge in [-0.1, -0.05) is 20.8 Å². The Bertz CT molecular complexity index is 230. The molecule has 2 heteroatoms. The van der Waals surface area contributed by atoms with Crippen molar-refractivity contribution >= 4 is 5.91 Å². The molecule has 0 spiro atoms. The highest BCUT2D eigenvalue weighted by Crippen LogP contribution is 2.45. The molecule has 13 heavy (non-hydrogen) atoms. The van der Waals surface area contributed by atoms with E-state index < -0.39 is 0 Å². The Balaban J connectivity index is 1.88. The average molecular weight is 181 g/mol. The number of rotatable bonds is 3. The molecule has 0 aromatic carbocycles. The van der Waals surface area contributed by atoms with E-state index in [1.807, 2.05) is 0 Å². The molecule has 0 saturated heterocycles.